The van der Waals surface area contributed by atoms with Gasteiger partial charge in [0.25, 0.3) is 11.8 Å². The third-order valence-corrected chi connectivity index (χ3v) is 6.98. The fraction of sp³-hybridized carbons (Fsp3) is 0.179. The topological polar surface area (TPSA) is 83.9 Å². The van der Waals surface area contributed by atoms with Crippen LogP contribution in [0.25, 0.3) is 11.1 Å². The molecule has 1 aliphatic heterocycles. The number of rotatable bonds is 7. The summed E-state index contributed by atoms with van der Waals surface area (Å²) in [6, 6.07) is 21.5. The van der Waals surface area contributed by atoms with Crippen molar-refractivity contribution in [2.75, 3.05) is 13.2 Å². The Morgan fingerprint density at radius 1 is 0.914 bits per heavy atom. The van der Waals surface area contributed by atoms with Gasteiger partial charge in [0, 0.05) is 28.6 Å². The molecule has 0 aromatic heterocycles. The van der Waals surface area contributed by atoms with Gasteiger partial charge in [-0.1, -0.05) is 60.1 Å². The van der Waals surface area contributed by atoms with Gasteiger partial charge in [-0.3, -0.25) is 24.5 Å². The third kappa shape index (κ3) is 4.32. The van der Waals surface area contributed by atoms with Crippen molar-refractivity contribution in [1.82, 2.24) is 4.90 Å². The Morgan fingerprint density at radius 2 is 1.49 bits per heavy atom. The highest BCUT2D eigenvalue weighted by atomic mass is 35.5. The van der Waals surface area contributed by atoms with Crippen LogP contribution in [-0.2, 0) is 4.89 Å². The van der Waals surface area contributed by atoms with Crippen LogP contribution >= 0.6 is 11.6 Å². The van der Waals surface area contributed by atoms with E-state index in [2.05, 4.69) is 4.89 Å². The zero-order valence-electron chi connectivity index (χ0n) is 18.7. The molecule has 0 bridgehead atoms. The maximum Gasteiger partial charge on any atom is 0.261 e. The SMILES string of the molecule is O=C(C1=C(COO)C(CN2C(=O)c3ccccc3C2=O)CC1)c1ccc(-c2ccc(Cl)cc2)cc1. The minimum Gasteiger partial charge on any atom is -0.289 e. The fourth-order valence-electron chi connectivity index (χ4n) is 4.89. The van der Waals surface area contributed by atoms with E-state index in [1.54, 1.807) is 36.4 Å². The standard InChI is InChI=1S/C28H22ClNO5/c29-21-12-9-18(10-13-21)17-5-7-19(8-6-17)26(31)22-14-11-20(25(22)16-35-34)15-30-27(32)23-3-1-2-4-24(23)28(30)33/h1-10,12-13,20,34H,11,14-16H2. The van der Waals surface area contributed by atoms with E-state index in [0.29, 0.717) is 45.7 Å². The number of carbonyl (C=O) groups excluding carboxylic acids is 3. The predicted molar refractivity (Wildman–Crippen MR) is 131 cm³/mol. The first-order valence-electron chi connectivity index (χ1n) is 11.3. The lowest BCUT2D eigenvalue weighted by atomic mass is 9.96. The molecule has 2 amide bonds. The molecule has 6 nitrogen and oxygen atoms in total. The predicted octanol–water partition coefficient (Wildman–Crippen LogP) is 5.68. The summed E-state index contributed by atoms with van der Waals surface area (Å²) in [4.78, 5) is 44.6. The number of carbonyl (C=O) groups is 3. The Bertz CT molecular complexity index is 1310. The maximum atomic E-state index is 13.4. The van der Waals surface area contributed by atoms with Crippen LogP contribution in [0.4, 0.5) is 0 Å². The summed E-state index contributed by atoms with van der Waals surface area (Å²) in [5.74, 6) is -1.10. The van der Waals surface area contributed by atoms with Gasteiger partial charge in [0.1, 0.15) is 6.61 Å². The van der Waals surface area contributed by atoms with Crippen LogP contribution in [0.3, 0.4) is 0 Å². The lowest BCUT2D eigenvalue weighted by Gasteiger charge is -2.21. The molecule has 2 aliphatic rings. The number of hydrogen-bond donors (Lipinski definition) is 1. The first-order valence-corrected chi connectivity index (χ1v) is 11.7. The molecule has 7 heteroatoms. The van der Waals surface area contributed by atoms with Crippen LogP contribution in [0.2, 0.25) is 5.02 Å². The van der Waals surface area contributed by atoms with Crippen molar-refractivity contribution in [3.8, 4) is 11.1 Å². The zero-order chi connectivity index (χ0) is 24.5. The largest absolute Gasteiger partial charge is 0.289 e. The average Bonchev–Trinajstić information content (AvgIpc) is 3.39. The van der Waals surface area contributed by atoms with E-state index < -0.39 is 0 Å². The second-order valence-corrected chi connectivity index (χ2v) is 9.13. The number of Topliss-reactive ketones (excluding diaryl/α,β-unsaturated/α-hetero) is 1. The molecule has 1 heterocycles. The molecular weight excluding hydrogens is 466 g/mol. The van der Waals surface area contributed by atoms with Gasteiger partial charge in [-0.2, -0.15) is 0 Å². The van der Waals surface area contributed by atoms with Crippen molar-refractivity contribution < 1.29 is 24.5 Å². The van der Waals surface area contributed by atoms with Gasteiger partial charge in [-0.15, -0.1) is 0 Å². The Labute approximate surface area is 207 Å². The highest BCUT2D eigenvalue weighted by Crippen LogP contribution is 2.36. The van der Waals surface area contributed by atoms with E-state index in [9.17, 15) is 19.6 Å². The van der Waals surface area contributed by atoms with E-state index in [0.717, 1.165) is 11.1 Å². The van der Waals surface area contributed by atoms with E-state index >= 15 is 0 Å². The molecule has 1 N–H and O–H groups in total. The van der Waals surface area contributed by atoms with Gasteiger partial charge in [-0.05, 0) is 53.8 Å². The van der Waals surface area contributed by atoms with E-state index in [1.807, 2.05) is 36.4 Å². The first kappa shape index (κ1) is 23.2. The molecule has 1 unspecified atom stereocenters. The van der Waals surface area contributed by atoms with Crippen LogP contribution in [-0.4, -0.2) is 40.9 Å². The summed E-state index contributed by atoms with van der Waals surface area (Å²) >= 11 is 5.96. The number of hydrogen-bond acceptors (Lipinski definition) is 5. The van der Waals surface area contributed by atoms with Crippen molar-refractivity contribution in [3.05, 3.63) is 106 Å². The van der Waals surface area contributed by atoms with Crippen LogP contribution in [0, 0.1) is 5.92 Å². The summed E-state index contributed by atoms with van der Waals surface area (Å²) in [7, 11) is 0. The number of benzene rings is 3. The summed E-state index contributed by atoms with van der Waals surface area (Å²) in [6.45, 7) is -0.0188. The first-order chi connectivity index (χ1) is 17.0. The molecule has 1 atom stereocenters. The smallest absolute Gasteiger partial charge is 0.261 e. The van der Waals surface area contributed by atoms with Crippen LogP contribution in [0.1, 0.15) is 43.9 Å². The lowest BCUT2D eigenvalue weighted by Crippen LogP contribution is -2.35. The van der Waals surface area contributed by atoms with Crippen molar-refractivity contribution in [1.29, 1.82) is 0 Å². The summed E-state index contributed by atoms with van der Waals surface area (Å²) < 4.78 is 0. The zero-order valence-corrected chi connectivity index (χ0v) is 19.5. The maximum absolute atomic E-state index is 13.4. The quantitative estimate of drug-likeness (QED) is 0.200. The number of allylic oxidation sites excluding steroid dienone is 1. The van der Waals surface area contributed by atoms with Gasteiger partial charge in [0.05, 0.1) is 11.1 Å². The Balaban J connectivity index is 1.37. The highest BCUT2D eigenvalue weighted by molar-refractivity contribution is 6.30. The molecule has 0 saturated carbocycles. The van der Waals surface area contributed by atoms with Crippen molar-refractivity contribution in [2.24, 2.45) is 5.92 Å². The third-order valence-electron chi connectivity index (χ3n) is 6.72. The van der Waals surface area contributed by atoms with Crippen LogP contribution in [0.5, 0.6) is 0 Å². The monoisotopic (exact) mass is 487 g/mol. The number of ketones is 1. The number of imide groups is 1. The van der Waals surface area contributed by atoms with Crippen molar-refractivity contribution in [3.63, 3.8) is 0 Å². The number of nitrogens with zero attached hydrogens (tertiary/aromatic N) is 1. The second-order valence-electron chi connectivity index (χ2n) is 8.69. The number of fused-ring (bicyclic) bond motifs is 1. The van der Waals surface area contributed by atoms with Crippen LogP contribution < -0.4 is 0 Å². The van der Waals surface area contributed by atoms with Crippen LogP contribution in [0.15, 0.2) is 83.9 Å². The van der Waals surface area contributed by atoms with Gasteiger partial charge in [-0.25, -0.2) is 4.89 Å². The fourth-order valence-corrected chi connectivity index (χ4v) is 5.02. The number of amides is 2. The average molecular weight is 488 g/mol. The molecule has 0 fully saturated rings. The molecule has 1 aliphatic carbocycles. The van der Waals surface area contributed by atoms with E-state index in [-0.39, 0.29) is 36.7 Å². The molecule has 3 aromatic carbocycles. The molecule has 176 valence electrons. The molecule has 35 heavy (non-hydrogen) atoms. The molecule has 0 radical (unpaired) electrons. The van der Waals surface area contributed by atoms with E-state index in [4.69, 9.17) is 11.6 Å². The molecule has 0 saturated heterocycles. The summed E-state index contributed by atoms with van der Waals surface area (Å²) in [5, 5.41) is 9.86. The van der Waals surface area contributed by atoms with Gasteiger partial charge >= 0.3 is 0 Å². The second kappa shape index (κ2) is 9.58. The van der Waals surface area contributed by atoms with E-state index in [1.165, 1.54) is 4.90 Å². The molecular formula is C28H22ClNO5. The minimum atomic E-state index is -0.340. The molecule has 3 aromatic rings. The van der Waals surface area contributed by atoms with Crippen molar-refractivity contribution >= 4 is 29.2 Å². The molecule has 0 spiro atoms. The Kier molecular flexibility index (Phi) is 6.34. The normalized spacial score (nSPS) is 17.3. The molecule has 5 rings (SSSR count). The van der Waals surface area contributed by atoms with Gasteiger partial charge in [0.15, 0.2) is 5.78 Å². The number of halogens is 1. The van der Waals surface area contributed by atoms with Crippen molar-refractivity contribution in [2.45, 2.75) is 12.8 Å². The summed E-state index contributed by atoms with van der Waals surface area (Å²) in [6.07, 6.45) is 1.06. The van der Waals surface area contributed by atoms with Gasteiger partial charge < -0.3 is 0 Å². The minimum absolute atomic E-state index is 0.136. The lowest BCUT2D eigenvalue weighted by molar-refractivity contribution is -0.235. The Morgan fingerprint density at radius 3 is 2.06 bits per heavy atom. The van der Waals surface area contributed by atoms with Gasteiger partial charge in [0.2, 0.25) is 0 Å². The Hall–Kier alpha value is -3.58. The summed E-state index contributed by atoms with van der Waals surface area (Å²) in [5.41, 5.74) is 4.42. The highest BCUT2D eigenvalue weighted by Gasteiger charge is 2.39.